The molecule has 0 aromatic heterocycles. The summed E-state index contributed by atoms with van der Waals surface area (Å²) in [6.07, 6.45) is 2.03. The fourth-order valence-electron chi connectivity index (χ4n) is 1.06. The van der Waals surface area contributed by atoms with Gasteiger partial charge in [0.05, 0.1) is 0 Å². The van der Waals surface area contributed by atoms with Gasteiger partial charge in [-0.2, -0.15) is 0 Å². The molecule has 0 fully saturated rings. The van der Waals surface area contributed by atoms with Crippen LogP contribution in [0.15, 0.2) is 18.2 Å². The highest BCUT2D eigenvalue weighted by atomic mass is 14.5. The second-order valence-corrected chi connectivity index (χ2v) is 3.14. The Labute approximate surface area is 80.0 Å². The van der Waals surface area contributed by atoms with Crippen molar-refractivity contribution in [3.8, 4) is 11.8 Å². The SMILES string of the molecule is CCCC#Cc1cc(C)ccc1N. The zero-order chi connectivity index (χ0) is 9.68. The molecule has 0 atom stereocenters. The Morgan fingerprint density at radius 2 is 2.15 bits per heavy atom. The molecule has 0 aliphatic heterocycles. The summed E-state index contributed by atoms with van der Waals surface area (Å²) in [7, 11) is 0. The van der Waals surface area contributed by atoms with E-state index in [1.54, 1.807) is 0 Å². The predicted molar refractivity (Wildman–Crippen MR) is 57.4 cm³/mol. The van der Waals surface area contributed by atoms with E-state index in [0.29, 0.717) is 0 Å². The van der Waals surface area contributed by atoms with Gasteiger partial charge >= 0.3 is 0 Å². The van der Waals surface area contributed by atoms with Crippen molar-refractivity contribution in [2.24, 2.45) is 0 Å². The van der Waals surface area contributed by atoms with E-state index in [0.717, 1.165) is 24.1 Å². The summed E-state index contributed by atoms with van der Waals surface area (Å²) in [6, 6.07) is 5.93. The number of nitrogen functional groups attached to an aromatic ring is 1. The molecule has 0 radical (unpaired) electrons. The van der Waals surface area contributed by atoms with Gasteiger partial charge in [0, 0.05) is 17.7 Å². The first kappa shape index (κ1) is 9.67. The van der Waals surface area contributed by atoms with Gasteiger partial charge in [0.15, 0.2) is 0 Å². The minimum absolute atomic E-state index is 0.772. The zero-order valence-corrected chi connectivity index (χ0v) is 8.22. The Kier molecular flexibility index (Phi) is 3.40. The molecule has 0 aliphatic rings. The summed E-state index contributed by atoms with van der Waals surface area (Å²) in [5, 5.41) is 0. The fraction of sp³-hybridized carbons (Fsp3) is 0.333. The summed E-state index contributed by atoms with van der Waals surface area (Å²) < 4.78 is 0. The topological polar surface area (TPSA) is 26.0 Å². The normalized spacial score (nSPS) is 9.08. The standard InChI is InChI=1S/C12H15N/c1-3-4-5-6-11-9-10(2)7-8-12(11)13/h7-9H,3-4,13H2,1-2H3. The van der Waals surface area contributed by atoms with E-state index in [1.807, 2.05) is 25.1 Å². The first-order valence-corrected chi connectivity index (χ1v) is 4.59. The van der Waals surface area contributed by atoms with Crippen LogP contribution in [0.3, 0.4) is 0 Å². The van der Waals surface area contributed by atoms with E-state index in [2.05, 4.69) is 18.8 Å². The van der Waals surface area contributed by atoms with E-state index < -0.39 is 0 Å². The number of nitrogens with two attached hydrogens (primary N) is 1. The summed E-state index contributed by atoms with van der Waals surface area (Å²) in [6.45, 7) is 4.17. The van der Waals surface area contributed by atoms with Crippen LogP contribution in [0.2, 0.25) is 0 Å². The Morgan fingerprint density at radius 1 is 1.38 bits per heavy atom. The van der Waals surface area contributed by atoms with E-state index >= 15 is 0 Å². The summed E-state index contributed by atoms with van der Waals surface area (Å²) >= 11 is 0. The molecule has 1 aromatic rings. The Hall–Kier alpha value is -1.42. The molecule has 0 amide bonds. The number of anilines is 1. The monoisotopic (exact) mass is 173 g/mol. The van der Waals surface area contributed by atoms with E-state index in [9.17, 15) is 0 Å². The predicted octanol–water partition coefficient (Wildman–Crippen LogP) is 2.73. The molecule has 68 valence electrons. The Bertz CT molecular complexity index is 342. The molecule has 0 saturated heterocycles. The molecule has 0 aliphatic carbocycles. The highest BCUT2D eigenvalue weighted by Gasteiger charge is 1.93. The molecule has 1 nitrogen and oxygen atoms in total. The van der Waals surface area contributed by atoms with Crippen molar-refractivity contribution in [2.75, 3.05) is 5.73 Å². The second-order valence-electron chi connectivity index (χ2n) is 3.14. The maximum atomic E-state index is 5.77. The van der Waals surface area contributed by atoms with Crippen LogP contribution in [0.4, 0.5) is 5.69 Å². The van der Waals surface area contributed by atoms with Gasteiger partial charge in [-0.1, -0.05) is 24.8 Å². The lowest BCUT2D eigenvalue weighted by molar-refractivity contribution is 0.983. The van der Waals surface area contributed by atoms with Crippen LogP contribution >= 0.6 is 0 Å². The minimum Gasteiger partial charge on any atom is -0.398 e. The van der Waals surface area contributed by atoms with Gasteiger partial charge in [-0.3, -0.25) is 0 Å². The molecule has 13 heavy (non-hydrogen) atoms. The van der Waals surface area contributed by atoms with Crippen LogP contribution < -0.4 is 5.73 Å². The van der Waals surface area contributed by atoms with Crippen molar-refractivity contribution in [2.45, 2.75) is 26.7 Å². The lowest BCUT2D eigenvalue weighted by Crippen LogP contribution is -1.90. The number of hydrogen-bond donors (Lipinski definition) is 1. The Morgan fingerprint density at radius 3 is 2.85 bits per heavy atom. The molecular formula is C12H15N. The zero-order valence-electron chi connectivity index (χ0n) is 8.22. The van der Waals surface area contributed by atoms with Crippen LogP contribution in [0.25, 0.3) is 0 Å². The molecular weight excluding hydrogens is 158 g/mol. The van der Waals surface area contributed by atoms with Crippen molar-refractivity contribution < 1.29 is 0 Å². The maximum Gasteiger partial charge on any atom is 0.0477 e. The van der Waals surface area contributed by atoms with Crippen LogP contribution in [0.5, 0.6) is 0 Å². The van der Waals surface area contributed by atoms with Gasteiger partial charge in [0.2, 0.25) is 0 Å². The van der Waals surface area contributed by atoms with Crippen LogP contribution in [0, 0.1) is 18.8 Å². The van der Waals surface area contributed by atoms with Crippen LogP contribution in [0.1, 0.15) is 30.9 Å². The van der Waals surface area contributed by atoms with E-state index in [4.69, 9.17) is 5.73 Å². The largest absolute Gasteiger partial charge is 0.398 e. The van der Waals surface area contributed by atoms with Crippen molar-refractivity contribution in [1.29, 1.82) is 0 Å². The van der Waals surface area contributed by atoms with Gasteiger partial charge in [-0.05, 0) is 31.0 Å². The van der Waals surface area contributed by atoms with E-state index in [-0.39, 0.29) is 0 Å². The molecule has 1 rings (SSSR count). The number of aryl methyl sites for hydroxylation is 1. The quantitative estimate of drug-likeness (QED) is 0.513. The molecule has 0 saturated carbocycles. The van der Waals surface area contributed by atoms with Crippen molar-refractivity contribution in [1.82, 2.24) is 0 Å². The van der Waals surface area contributed by atoms with Gasteiger partial charge in [-0.15, -0.1) is 0 Å². The third-order valence-corrected chi connectivity index (χ3v) is 1.81. The van der Waals surface area contributed by atoms with Gasteiger partial charge in [-0.25, -0.2) is 0 Å². The van der Waals surface area contributed by atoms with Gasteiger partial charge in [0.25, 0.3) is 0 Å². The van der Waals surface area contributed by atoms with Gasteiger partial charge in [0.1, 0.15) is 0 Å². The first-order valence-electron chi connectivity index (χ1n) is 4.59. The average molecular weight is 173 g/mol. The molecule has 2 N–H and O–H groups in total. The molecule has 1 heteroatoms. The average Bonchev–Trinajstić information content (AvgIpc) is 2.11. The first-order chi connectivity index (χ1) is 6.24. The molecule has 1 aromatic carbocycles. The molecule has 0 spiro atoms. The van der Waals surface area contributed by atoms with Crippen LogP contribution in [-0.2, 0) is 0 Å². The second kappa shape index (κ2) is 4.57. The summed E-state index contributed by atoms with van der Waals surface area (Å²) in [5.41, 5.74) is 8.70. The van der Waals surface area contributed by atoms with Crippen molar-refractivity contribution in [3.05, 3.63) is 29.3 Å². The Balaban J connectivity index is 2.89. The minimum atomic E-state index is 0.772. The number of unbranched alkanes of at least 4 members (excludes halogenated alkanes) is 1. The third-order valence-electron chi connectivity index (χ3n) is 1.81. The number of rotatable bonds is 1. The lowest BCUT2D eigenvalue weighted by Gasteiger charge is -1.98. The molecule has 0 bridgehead atoms. The van der Waals surface area contributed by atoms with E-state index in [1.165, 1.54) is 5.56 Å². The number of benzene rings is 1. The summed E-state index contributed by atoms with van der Waals surface area (Å²) in [4.78, 5) is 0. The third kappa shape index (κ3) is 2.83. The maximum absolute atomic E-state index is 5.77. The van der Waals surface area contributed by atoms with Crippen molar-refractivity contribution in [3.63, 3.8) is 0 Å². The van der Waals surface area contributed by atoms with Crippen LogP contribution in [-0.4, -0.2) is 0 Å². The lowest BCUT2D eigenvalue weighted by atomic mass is 10.1. The summed E-state index contributed by atoms with van der Waals surface area (Å²) in [5.74, 6) is 6.17. The molecule has 0 heterocycles. The van der Waals surface area contributed by atoms with Crippen molar-refractivity contribution >= 4 is 5.69 Å². The smallest absolute Gasteiger partial charge is 0.0477 e. The fourth-order valence-corrected chi connectivity index (χ4v) is 1.06. The highest BCUT2D eigenvalue weighted by molar-refractivity contribution is 5.56. The molecule has 0 unspecified atom stereocenters. The number of hydrogen-bond acceptors (Lipinski definition) is 1. The highest BCUT2D eigenvalue weighted by Crippen LogP contribution is 2.11. The van der Waals surface area contributed by atoms with Gasteiger partial charge < -0.3 is 5.73 Å².